The number of hydrazone groups is 1. The van der Waals surface area contributed by atoms with Crippen LogP contribution in [0, 0.1) is 0 Å². The third-order valence-corrected chi connectivity index (χ3v) is 4.64. The van der Waals surface area contributed by atoms with E-state index in [1.165, 1.54) is 6.21 Å². The molecule has 0 aliphatic carbocycles. The summed E-state index contributed by atoms with van der Waals surface area (Å²) >= 11 is 5.90. The second kappa shape index (κ2) is 12.3. The first-order valence-corrected chi connectivity index (χ1v) is 10.8. The van der Waals surface area contributed by atoms with Crippen LogP contribution in [-0.4, -0.2) is 24.6 Å². The molecule has 0 aliphatic rings. The summed E-state index contributed by atoms with van der Waals surface area (Å²) in [7, 11) is 0. The summed E-state index contributed by atoms with van der Waals surface area (Å²) in [6, 6.07) is 21.3. The number of halogens is 1. The van der Waals surface area contributed by atoms with Crippen molar-refractivity contribution in [3.63, 3.8) is 0 Å². The van der Waals surface area contributed by atoms with Crippen LogP contribution in [0.25, 0.3) is 0 Å². The summed E-state index contributed by atoms with van der Waals surface area (Å²) in [6.07, 6.45) is 2.32. The highest BCUT2D eigenvalue weighted by Gasteiger charge is 2.13. The van der Waals surface area contributed by atoms with Crippen LogP contribution >= 0.6 is 11.6 Å². The van der Waals surface area contributed by atoms with Crippen molar-refractivity contribution in [2.24, 2.45) is 5.10 Å². The molecule has 0 saturated carbocycles. The Hall–Kier alpha value is -3.84. The highest BCUT2D eigenvalue weighted by Crippen LogP contribution is 2.19. The largest absolute Gasteiger partial charge is 0.494 e. The van der Waals surface area contributed by atoms with E-state index in [1.807, 2.05) is 31.2 Å². The van der Waals surface area contributed by atoms with Crippen LogP contribution in [0.1, 0.15) is 24.5 Å². The molecule has 0 heterocycles. The predicted octanol–water partition coefficient (Wildman–Crippen LogP) is 4.80. The zero-order chi connectivity index (χ0) is 23.5. The monoisotopic (exact) mass is 465 g/mol. The van der Waals surface area contributed by atoms with Crippen LogP contribution in [0.2, 0.25) is 5.02 Å². The number of hydrogen-bond acceptors (Lipinski definition) is 5. The lowest BCUT2D eigenvalue weighted by Crippen LogP contribution is -2.32. The Morgan fingerprint density at radius 3 is 2.39 bits per heavy atom. The molecule has 8 heteroatoms. The standard InChI is InChI=1S/C25H24ClN3O4/c1-2-15-32-22-13-11-21(12-14-22)28-24(30)25(31)29-27-16-19-5-3-4-6-23(19)33-17-18-7-9-20(26)10-8-18/h3-14,16H,2,15,17H2,1H3,(H,28,30)(H,29,31)/b27-16-. The molecule has 0 aliphatic heterocycles. The van der Waals surface area contributed by atoms with Gasteiger partial charge in [-0.15, -0.1) is 0 Å². The molecule has 0 saturated heterocycles. The maximum absolute atomic E-state index is 12.1. The van der Waals surface area contributed by atoms with Crippen LogP contribution < -0.4 is 20.2 Å². The van der Waals surface area contributed by atoms with Gasteiger partial charge in [0, 0.05) is 16.3 Å². The second-order valence-electron chi connectivity index (χ2n) is 6.98. The lowest BCUT2D eigenvalue weighted by Gasteiger charge is -2.09. The molecule has 0 radical (unpaired) electrons. The molecule has 33 heavy (non-hydrogen) atoms. The number of nitrogens with one attached hydrogen (secondary N) is 2. The first-order valence-electron chi connectivity index (χ1n) is 10.4. The average molecular weight is 466 g/mol. The van der Waals surface area contributed by atoms with Gasteiger partial charge in [-0.1, -0.05) is 42.8 Å². The molecule has 0 bridgehead atoms. The Morgan fingerprint density at radius 1 is 0.939 bits per heavy atom. The van der Waals surface area contributed by atoms with Crippen LogP contribution in [-0.2, 0) is 16.2 Å². The molecule has 2 amide bonds. The number of hydrogen-bond donors (Lipinski definition) is 2. The van der Waals surface area contributed by atoms with E-state index in [0.29, 0.717) is 41.0 Å². The van der Waals surface area contributed by atoms with Crippen molar-refractivity contribution in [2.75, 3.05) is 11.9 Å². The Labute approximate surface area is 197 Å². The quantitative estimate of drug-likeness (QED) is 0.270. The predicted molar refractivity (Wildman–Crippen MR) is 129 cm³/mol. The number of para-hydroxylation sites is 1. The molecular formula is C25H24ClN3O4. The third-order valence-electron chi connectivity index (χ3n) is 4.39. The minimum Gasteiger partial charge on any atom is -0.494 e. The number of carbonyl (C=O) groups excluding carboxylic acids is 2. The molecule has 3 rings (SSSR count). The number of anilines is 1. The second-order valence-corrected chi connectivity index (χ2v) is 7.42. The zero-order valence-corrected chi connectivity index (χ0v) is 18.8. The van der Waals surface area contributed by atoms with Crippen molar-refractivity contribution in [3.05, 3.63) is 88.9 Å². The van der Waals surface area contributed by atoms with Gasteiger partial charge in [-0.25, -0.2) is 5.43 Å². The van der Waals surface area contributed by atoms with Gasteiger partial charge in [0.05, 0.1) is 12.8 Å². The highest BCUT2D eigenvalue weighted by atomic mass is 35.5. The van der Waals surface area contributed by atoms with Crippen molar-refractivity contribution < 1.29 is 19.1 Å². The number of rotatable bonds is 9. The average Bonchev–Trinajstić information content (AvgIpc) is 2.84. The number of amides is 2. The van der Waals surface area contributed by atoms with Crippen molar-refractivity contribution in [2.45, 2.75) is 20.0 Å². The molecule has 0 aromatic heterocycles. The summed E-state index contributed by atoms with van der Waals surface area (Å²) < 4.78 is 11.3. The summed E-state index contributed by atoms with van der Waals surface area (Å²) in [5, 5.41) is 7.05. The van der Waals surface area contributed by atoms with E-state index in [-0.39, 0.29) is 0 Å². The fourth-order valence-corrected chi connectivity index (χ4v) is 2.84. The normalized spacial score (nSPS) is 10.6. The molecule has 0 spiro atoms. The van der Waals surface area contributed by atoms with Crippen molar-refractivity contribution in [1.82, 2.24) is 5.43 Å². The summed E-state index contributed by atoms with van der Waals surface area (Å²) in [5.41, 5.74) is 4.30. The van der Waals surface area contributed by atoms with Gasteiger partial charge in [-0.2, -0.15) is 5.10 Å². The molecular weight excluding hydrogens is 442 g/mol. The van der Waals surface area contributed by atoms with Gasteiger partial charge in [-0.05, 0) is 60.5 Å². The SMILES string of the molecule is CCCOc1ccc(NC(=O)C(=O)N/N=C\c2ccccc2OCc2ccc(Cl)cc2)cc1. The van der Waals surface area contributed by atoms with Gasteiger partial charge in [0.15, 0.2) is 0 Å². The van der Waals surface area contributed by atoms with Crippen LogP contribution in [0.3, 0.4) is 0 Å². The van der Waals surface area contributed by atoms with E-state index >= 15 is 0 Å². The maximum Gasteiger partial charge on any atom is 0.329 e. The summed E-state index contributed by atoms with van der Waals surface area (Å²) in [5.74, 6) is -0.445. The molecule has 0 fully saturated rings. The Bertz CT molecular complexity index is 1100. The Balaban J connectivity index is 1.52. The number of nitrogens with zero attached hydrogens (tertiary/aromatic N) is 1. The molecule has 2 N–H and O–H groups in total. The zero-order valence-electron chi connectivity index (χ0n) is 18.1. The van der Waals surface area contributed by atoms with E-state index < -0.39 is 11.8 Å². The fraction of sp³-hybridized carbons (Fsp3) is 0.160. The van der Waals surface area contributed by atoms with E-state index in [0.717, 1.165) is 12.0 Å². The van der Waals surface area contributed by atoms with Crippen LogP contribution in [0.5, 0.6) is 11.5 Å². The third kappa shape index (κ3) is 7.66. The maximum atomic E-state index is 12.1. The summed E-state index contributed by atoms with van der Waals surface area (Å²) in [4.78, 5) is 24.2. The minimum absolute atomic E-state index is 0.346. The van der Waals surface area contributed by atoms with E-state index in [2.05, 4.69) is 15.8 Å². The number of ether oxygens (including phenoxy) is 2. The van der Waals surface area contributed by atoms with E-state index in [4.69, 9.17) is 21.1 Å². The molecule has 0 unspecified atom stereocenters. The van der Waals surface area contributed by atoms with Crippen LogP contribution in [0.4, 0.5) is 5.69 Å². The lowest BCUT2D eigenvalue weighted by atomic mass is 10.2. The molecule has 0 atom stereocenters. The lowest BCUT2D eigenvalue weighted by molar-refractivity contribution is -0.136. The number of benzene rings is 3. The van der Waals surface area contributed by atoms with Gasteiger partial charge in [-0.3, -0.25) is 9.59 Å². The van der Waals surface area contributed by atoms with Crippen molar-refractivity contribution in [1.29, 1.82) is 0 Å². The van der Waals surface area contributed by atoms with Gasteiger partial charge in [0.2, 0.25) is 0 Å². The molecule has 3 aromatic carbocycles. The smallest absolute Gasteiger partial charge is 0.329 e. The fourth-order valence-electron chi connectivity index (χ4n) is 2.71. The van der Waals surface area contributed by atoms with Gasteiger partial charge in [0.1, 0.15) is 18.1 Å². The van der Waals surface area contributed by atoms with Crippen molar-refractivity contribution >= 4 is 35.3 Å². The Kier molecular flexibility index (Phi) is 8.85. The molecule has 170 valence electrons. The first kappa shape index (κ1) is 23.8. The molecule has 7 nitrogen and oxygen atoms in total. The highest BCUT2D eigenvalue weighted by molar-refractivity contribution is 6.39. The van der Waals surface area contributed by atoms with Gasteiger partial charge in [0.25, 0.3) is 0 Å². The Morgan fingerprint density at radius 2 is 1.67 bits per heavy atom. The van der Waals surface area contributed by atoms with Crippen molar-refractivity contribution in [3.8, 4) is 11.5 Å². The topological polar surface area (TPSA) is 89.0 Å². The van der Waals surface area contributed by atoms with Gasteiger partial charge >= 0.3 is 11.8 Å². The van der Waals surface area contributed by atoms with E-state index in [1.54, 1.807) is 48.5 Å². The van der Waals surface area contributed by atoms with Gasteiger partial charge < -0.3 is 14.8 Å². The minimum atomic E-state index is -0.892. The van der Waals surface area contributed by atoms with Crippen LogP contribution in [0.15, 0.2) is 77.9 Å². The molecule has 3 aromatic rings. The summed E-state index contributed by atoms with van der Waals surface area (Å²) in [6.45, 7) is 2.98. The number of carbonyl (C=O) groups is 2. The van der Waals surface area contributed by atoms with E-state index in [9.17, 15) is 9.59 Å². The first-order chi connectivity index (χ1) is 16.0.